The van der Waals surface area contributed by atoms with Crippen LogP contribution in [0, 0.1) is 0 Å². The Balaban J connectivity index is 2.31. The van der Waals surface area contributed by atoms with Gasteiger partial charge in [0.2, 0.25) is 0 Å². The molecule has 0 aromatic heterocycles. The number of hydrogen-bond acceptors (Lipinski definition) is 3. The molecule has 1 aliphatic rings. The molecule has 0 aromatic rings. The van der Waals surface area contributed by atoms with Crippen molar-refractivity contribution in [1.82, 2.24) is 5.32 Å². The monoisotopic (exact) mass is 159 g/mol. The third kappa shape index (κ3) is 2.43. The van der Waals surface area contributed by atoms with Crippen molar-refractivity contribution >= 4 is 0 Å². The van der Waals surface area contributed by atoms with Gasteiger partial charge in [-0.05, 0) is 20.3 Å². The van der Waals surface area contributed by atoms with Gasteiger partial charge in [0.1, 0.15) is 0 Å². The van der Waals surface area contributed by atoms with Gasteiger partial charge in [0.15, 0.2) is 0 Å². The molecule has 0 aromatic carbocycles. The first kappa shape index (κ1) is 8.97. The van der Waals surface area contributed by atoms with E-state index in [1.807, 2.05) is 6.92 Å². The summed E-state index contributed by atoms with van der Waals surface area (Å²) in [5, 5.41) is 12.0. The highest BCUT2D eigenvalue weighted by atomic mass is 16.5. The predicted octanol–water partition coefficient (Wildman–Crippen LogP) is 0.134. The molecule has 11 heavy (non-hydrogen) atoms. The molecule has 1 rings (SSSR count). The quantitative estimate of drug-likeness (QED) is 0.602. The van der Waals surface area contributed by atoms with Crippen molar-refractivity contribution in [2.75, 3.05) is 13.2 Å². The van der Waals surface area contributed by atoms with E-state index in [1.165, 1.54) is 0 Å². The molecule has 0 bridgehead atoms. The summed E-state index contributed by atoms with van der Waals surface area (Å²) < 4.78 is 5.58. The van der Waals surface area contributed by atoms with Crippen LogP contribution in [0.4, 0.5) is 0 Å². The van der Waals surface area contributed by atoms with E-state index in [0.717, 1.165) is 13.0 Å². The van der Waals surface area contributed by atoms with Gasteiger partial charge in [-0.2, -0.15) is 0 Å². The van der Waals surface area contributed by atoms with E-state index in [9.17, 15) is 0 Å². The van der Waals surface area contributed by atoms with Crippen molar-refractivity contribution in [1.29, 1.82) is 0 Å². The zero-order chi connectivity index (χ0) is 8.27. The molecular weight excluding hydrogens is 142 g/mol. The van der Waals surface area contributed by atoms with Crippen LogP contribution in [0.2, 0.25) is 0 Å². The van der Waals surface area contributed by atoms with Gasteiger partial charge in [0.25, 0.3) is 0 Å². The first-order valence-corrected chi connectivity index (χ1v) is 4.23. The minimum atomic E-state index is 0.228. The Morgan fingerprint density at radius 1 is 1.55 bits per heavy atom. The maximum atomic E-state index is 8.71. The molecule has 1 saturated heterocycles. The summed E-state index contributed by atoms with van der Waals surface area (Å²) in [6.07, 6.45) is 1.32. The van der Waals surface area contributed by atoms with Gasteiger partial charge in [-0.3, -0.25) is 0 Å². The lowest BCUT2D eigenvalue weighted by molar-refractivity contribution is -0.0480. The average molecular weight is 159 g/mol. The van der Waals surface area contributed by atoms with Crippen LogP contribution < -0.4 is 5.32 Å². The summed E-state index contributed by atoms with van der Waals surface area (Å²) in [7, 11) is 0. The second kappa shape index (κ2) is 4.04. The molecule has 3 nitrogen and oxygen atoms in total. The average Bonchev–Trinajstić information content (AvgIpc) is 1.95. The third-order valence-corrected chi connectivity index (χ3v) is 2.12. The molecule has 1 aliphatic heterocycles. The normalized spacial score (nSPS) is 39.0. The van der Waals surface area contributed by atoms with Crippen LogP contribution in [0.1, 0.15) is 20.3 Å². The third-order valence-electron chi connectivity index (χ3n) is 2.12. The van der Waals surface area contributed by atoms with E-state index in [4.69, 9.17) is 9.84 Å². The summed E-state index contributed by atoms with van der Waals surface area (Å²) in [6, 6.07) is 0.330. The first-order valence-electron chi connectivity index (χ1n) is 4.23. The standard InChI is InChI=1S/C8H17NO2/c1-6-5-9-8(3-4-10)7(2)11-6/h6-10H,3-5H2,1-2H3. The van der Waals surface area contributed by atoms with Crippen molar-refractivity contribution in [2.24, 2.45) is 0 Å². The lowest BCUT2D eigenvalue weighted by Crippen LogP contribution is -2.50. The van der Waals surface area contributed by atoms with E-state index >= 15 is 0 Å². The van der Waals surface area contributed by atoms with Crippen LogP contribution in [-0.4, -0.2) is 36.5 Å². The van der Waals surface area contributed by atoms with E-state index in [-0.39, 0.29) is 12.7 Å². The van der Waals surface area contributed by atoms with Crippen molar-refractivity contribution in [3.8, 4) is 0 Å². The summed E-state index contributed by atoms with van der Waals surface area (Å²) >= 11 is 0. The van der Waals surface area contributed by atoms with Gasteiger partial charge in [-0.25, -0.2) is 0 Å². The molecule has 0 spiro atoms. The van der Waals surface area contributed by atoms with Gasteiger partial charge in [-0.1, -0.05) is 0 Å². The van der Waals surface area contributed by atoms with E-state index in [2.05, 4.69) is 12.2 Å². The van der Waals surface area contributed by atoms with Crippen LogP contribution in [0.15, 0.2) is 0 Å². The number of aliphatic hydroxyl groups is 1. The van der Waals surface area contributed by atoms with Crippen LogP contribution in [0.25, 0.3) is 0 Å². The van der Waals surface area contributed by atoms with E-state index < -0.39 is 0 Å². The molecule has 0 amide bonds. The van der Waals surface area contributed by atoms with Gasteiger partial charge in [0.05, 0.1) is 12.2 Å². The predicted molar refractivity (Wildman–Crippen MR) is 43.5 cm³/mol. The Morgan fingerprint density at radius 3 is 2.82 bits per heavy atom. The van der Waals surface area contributed by atoms with Crippen LogP contribution in [0.5, 0.6) is 0 Å². The fraction of sp³-hybridized carbons (Fsp3) is 1.00. The maximum absolute atomic E-state index is 8.71. The van der Waals surface area contributed by atoms with Crippen LogP contribution >= 0.6 is 0 Å². The lowest BCUT2D eigenvalue weighted by Gasteiger charge is -2.33. The zero-order valence-electron chi connectivity index (χ0n) is 7.21. The fourth-order valence-corrected chi connectivity index (χ4v) is 1.47. The SMILES string of the molecule is CC1CNC(CCO)C(C)O1. The number of nitrogens with one attached hydrogen (secondary N) is 1. The van der Waals surface area contributed by atoms with E-state index in [1.54, 1.807) is 0 Å². The van der Waals surface area contributed by atoms with Gasteiger partial charge < -0.3 is 15.2 Å². The molecule has 3 heteroatoms. The molecule has 0 aliphatic carbocycles. The largest absolute Gasteiger partial charge is 0.396 e. The number of ether oxygens (including phenoxy) is 1. The summed E-state index contributed by atoms with van der Waals surface area (Å²) in [4.78, 5) is 0. The molecule has 1 heterocycles. The highest BCUT2D eigenvalue weighted by Crippen LogP contribution is 2.10. The van der Waals surface area contributed by atoms with Gasteiger partial charge >= 0.3 is 0 Å². The van der Waals surface area contributed by atoms with Gasteiger partial charge in [-0.15, -0.1) is 0 Å². The maximum Gasteiger partial charge on any atom is 0.0705 e. The topological polar surface area (TPSA) is 41.5 Å². The smallest absolute Gasteiger partial charge is 0.0705 e. The Labute approximate surface area is 67.7 Å². The molecule has 66 valence electrons. The van der Waals surface area contributed by atoms with Crippen LogP contribution in [-0.2, 0) is 4.74 Å². The Morgan fingerprint density at radius 2 is 2.27 bits per heavy atom. The van der Waals surface area contributed by atoms with Crippen LogP contribution in [0.3, 0.4) is 0 Å². The highest BCUT2D eigenvalue weighted by Gasteiger charge is 2.24. The number of morpholine rings is 1. The zero-order valence-corrected chi connectivity index (χ0v) is 7.21. The molecule has 0 radical (unpaired) electrons. The molecule has 3 unspecified atom stereocenters. The van der Waals surface area contributed by atoms with E-state index in [0.29, 0.717) is 12.1 Å². The molecular formula is C8H17NO2. The van der Waals surface area contributed by atoms with Crippen molar-refractivity contribution in [3.63, 3.8) is 0 Å². The minimum Gasteiger partial charge on any atom is -0.396 e. The molecule has 0 saturated carbocycles. The number of rotatable bonds is 2. The Hall–Kier alpha value is -0.120. The van der Waals surface area contributed by atoms with Crippen molar-refractivity contribution in [3.05, 3.63) is 0 Å². The molecule has 3 atom stereocenters. The highest BCUT2D eigenvalue weighted by molar-refractivity contribution is 4.80. The summed E-state index contributed by atoms with van der Waals surface area (Å²) in [5.41, 5.74) is 0. The minimum absolute atomic E-state index is 0.228. The summed E-state index contributed by atoms with van der Waals surface area (Å²) in [5.74, 6) is 0. The Bertz CT molecular complexity index is 119. The van der Waals surface area contributed by atoms with Crippen molar-refractivity contribution in [2.45, 2.75) is 38.5 Å². The first-order chi connectivity index (χ1) is 5.24. The van der Waals surface area contributed by atoms with Gasteiger partial charge in [0, 0.05) is 19.2 Å². The Kier molecular flexibility index (Phi) is 3.30. The summed E-state index contributed by atoms with van der Waals surface area (Å²) in [6.45, 7) is 5.23. The van der Waals surface area contributed by atoms with Crippen molar-refractivity contribution < 1.29 is 9.84 Å². The number of aliphatic hydroxyl groups excluding tert-OH is 1. The second-order valence-electron chi connectivity index (χ2n) is 3.18. The molecule has 2 N–H and O–H groups in total. The number of hydrogen-bond donors (Lipinski definition) is 2. The lowest BCUT2D eigenvalue weighted by atomic mass is 10.1. The second-order valence-corrected chi connectivity index (χ2v) is 3.18. The fourth-order valence-electron chi connectivity index (χ4n) is 1.47. The molecule has 1 fully saturated rings.